The van der Waals surface area contributed by atoms with Gasteiger partial charge in [-0.25, -0.2) is 4.98 Å². The molecule has 1 aromatic carbocycles. The van der Waals surface area contributed by atoms with Crippen LogP contribution in [0.15, 0.2) is 24.3 Å². The van der Waals surface area contributed by atoms with Crippen molar-refractivity contribution in [2.75, 3.05) is 30.4 Å². The van der Waals surface area contributed by atoms with E-state index in [1.54, 1.807) is 0 Å². The molecule has 0 aliphatic carbocycles. The van der Waals surface area contributed by atoms with Gasteiger partial charge in [0.1, 0.15) is 5.82 Å². The Hall–Kier alpha value is -1.37. The van der Waals surface area contributed by atoms with Gasteiger partial charge in [-0.05, 0) is 38.5 Å². The number of alkyl halides is 1. The van der Waals surface area contributed by atoms with E-state index in [0.29, 0.717) is 18.8 Å². The largest absolute Gasteiger partial charge is 0.343 e. The molecule has 2 aromatic rings. The molecule has 1 aromatic heterocycles. The van der Waals surface area contributed by atoms with Gasteiger partial charge in [-0.15, -0.1) is 11.6 Å². The molecule has 1 aliphatic heterocycles. The zero-order valence-corrected chi connectivity index (χ0v) is 18.1. The Bertz CT molecular complexity index is 793. The molecular formula is C19H24Cl2N4OS. The molecule has 1 atom stereocenters. The van der Waals surface area contributed by atoms with Gasteiger partial charge in [0.05, 0.1) is 5.41 Å². The molecule has 1 unspecified atom stereocenters. The van der Waals surface area contributed by atoms with E-state index < -0.39 is 5.41 Å². The van der Waals surface area contributed by atoms with Crippen LogP contribution in [0.1, 0.15) is 32.2 Å². The highest BCUT2D eigenvalue weighted by Crippen LogP contribution is 2.27. The number of nitrogens with zero attached hydrogens (tertiary/aromatic N) is 4. The summed E-state index contributed by atoms with van der Waals surface area (Å²) in [7, 11) is 0. The number of halogens is 2. The van der Waals surface area contributed by atoms with Crippen molar-refractivity contribution >= 4 is 45.8 Å². The van der Waals surface area contributed by atoms with Crippen LogP contribution < -0.4 is 4.90 Å². The summed E-state index contributed by atoms with van der Waals surface area (Å²) in [4.78, 5) is 21.6. The van der Waals surface area contributed by atoms with Crippen molar-refractivity contribution in [3.05, 3.63) is 40.7 Å². The number of benzene rings is 1. The molecule has 27 heavy (non-hydrogen) atoms. The fourth-order valence-electron chi connectivity index (χ4n) is 3.11. The van der Waals surface area contributed by atoms with Gasteiger partial charge in [0.25, 0.3) is 0 Å². The van der Waals surface area contributed by atoms with Crippen molar-refractivity contribution in [2.45, 2.75) is 33.2 Å². The molecule has 0 N–H and O–H groups in total. The van der Waals surface area contributed by atoms with Crippen LogP contribution in [0.4, 0.5) is 5.13 Å². The molecule has 8 heteroatoms. The van der Waals surface area contributed by atoms with E-state index in [1.807, 2.05) is 43.0 Å². The van der Waals surface area contributed by atoms with Gasteiger partial charge in [0.15, 0.2) is 0 Å². The van der Waals surface area contributed by atoms with E-state index >= 15 is 0 Å². The minimum absolute atomic E-state index is 0.109. The standard InChI is InChI=1S/C19H24Cl2N4OS/c1-13-11-24(8-9-25(13)17(26)19(2,3)12-20)18-22-16(23-27-18)10-14-4-6-15(21)7-5-14/h4-7,13H,8-12H2,1-3H3. The third-order valence-corrected chi connectivity index (χ3v) is 6.54. The number of carbonyl (C=O) groups excluding carboxylic acids is 1. The molecule has 146 valence electrons. The van der Waals surface area contributed by atoms with Crippen molar-refractivity contribution in [3.63, 3.8) is 0 Å². The predicted molar refractivity (Wildman–Crippen MR) is 112 cm³/mol. The summed E-state index contributed by atoms with van der Waals surface area (Å²) in [6.45, 7) is 8.05. The average molecular weight is 427 g/mol. The van der Waals surface area contributed by atoms with E-state index in [4.69, 9.17) is 28.2 Å². The highest BCUT2D eigenvalue weighted by atomic mass is 35.5. The summed E-state index contributed by atoms with van der Waals surface area (Å²) < 4.78 is 4.50. The van der Waals surface area contributed by atoms with E-state index in [1.165, 1.54) is 11.5 Å². The maximum atomic E-state index is 12.7. The van der Waals surface area contributed by atoms with E-state index in [0.717, 1.165) is 34.6 Å². The van der Waals surface area contributed by atoms with Crippen molar-refractivity contribution < 1.29 is 4.79 Å². The smallest absolute Gasteiger partial charge is 0.229 e. The number of hydrogen-bond acceptors (Lipinski definition) is 5. The minimum atomic E-state index is -0.535. The van der Waals surface area contributed by atoms with E-state index in [-0.39, 0.29) is 11.9 Å². The molecular weight excluding hydrogens is 403 g/mol. The van der Waals surface area contributed by atoms with Crippen LogP contribution in [0.5, 0.6) is 0 Å². The Morgan fingerprint density at radius 2 is 2.00 bits per heavy atom. The van der Waals surface area contributed by atoms with Gasteiger partial charge >= 0.3 is 0 Å². The maximum absolute atomic E-state index is 12.7. The van der Waals surface area contributed by atoms with Crippen LogP contribution in [0, 0.1) is 5.41 Å². The molecule has 0 radical (unpaired) electrons. The summed E-state index contributed by atoms with van der Waals surface area (Å²) in [5, 5.41) is 1.64. The van der Waals surface area contributed by atoms with Crippen LogP contribution in [0.3, 0.4) is 0 Å². The molecule has 1 fully saturated rings. The fraction of sp³-hybridized carbons (Fsp3) is 0.526. The average Bonchev–Trinajstić information content (AvgIpc) is 3.11. The first-order valence-electron chi connectivity index (χ1n) is 8.99. The van der Waals surface area contributed by atoms with Gasteiger partial charge in [-0.1, -0.05) is 23.7 Å². The number of rotatable bonds is 5. The Balaban J connectivity index is 1.63. The Morgan fingerprint density at radius 1 is 1.30 bits per heavy atom. The number of aromatic nitrogens is 2. The quantitative estimate of drug-likeness (QED) is 0.675. The van der Waals surface area contributed by atoms with Crippen molar-refractivity contribution in [2.24, 2.45) is 5.41 Å². The van der Waals surface area contributed by atoms with Crippen LogP contribution >= 0.6 is 34.7 Å². The summed E-state index contributed by atoms with van der Waals surface area (Å²) in [6.07, 6.45) is 0.686. The van der Waals surface area contributed by atoms with E-state index in [9.17, 15) is 4.79 Å². The second kappa shape index (κ2) is 8.33. The summed E-state index contributed by atoms with van der Waals surface area (Å²) in [5.74, 6) is 1.25. The van der Waals surface area contributed by atoms with Gasteiger partial charge in [-0.2, -0.15) is 4.37 Å². The first-order valence-corrected chi connectivity index (χ1v) is 10.7. The van der Waals surface area contributed by atoms with Crippen molar-refractivity contribution in [1.29, 1.82) is 0 Å². The van der Waals surface area contributed by atoms with Gasteiger partial charge in [-0.3, -0.25) is 4.79 Å². The molecule has 1 aliphatic rings. The van der Waals surface area contributed by atoms with Crippen molar-refractivity contribution in [3.8, 4) is 0 Å². The summed E-state index contributed by atoms with van der Waals surface area (Å²) in [5.41, 5.74) is 0.600. The number of carbonyl (C=O) groups is 1. The molecule has 3 rings (SSSR count). The molecule has 0 saturated carbocycles. The minimum Gasteiger partial charge on any atom is -0.343 e. The lowest BCUT2D eigenvalue weighted by molar-refractivity contribution is -0.141. The van der Waals surface area contributed by atoms with Crippen LogP contribution in [0.25, 0.3) is 0 Å². The van der Waals surface area contributed by atoms with E-state index in [2.05, 4.69) is 16.2 Å². The number of hydrogen-bond donors (Lipinski definition) is 0. The lowest BCUT2D eigenvalue weighted by Crippen LogP contribution is -2.57. The second-order valence-electron chi connectivity index (χ2n) is 7.61. The molecule has 0 bridgehead atoms. The third kappa shape index (κ3) is 4.73. The van der Waals surface area contributed by atoms with Gasteiger partial charge in [0.2, 0.25) is 11.0 Å². The highest BCUT2D eigenvalue weighted by molar-refractivity contribution is 7.09. The molecule has 0 spiro atoms. The Labute approximate surface area is 174 Å². The molecule has 1 amide bonds. The number of anilines is 1. The first kappa shape index (κ1) is 20.4. The third-order valence-electron chi connectivity index (χ3n) is 4.80. The van der Waals surface area contributed by atoms with Crippen LogP contribution in [-0.4, -0.2) is 51.7 Å². The number of amides is 1. The Morgan fingerprint density at radius 3 is 2.63 bits per heavy atom. The monoisotopic (exact) mass is 426 g/mol. The fourth-order valence-corrected chi connectivity index (χ4v) is 4.07. The van der Waals surface area contributed by atoms with Crippen LogP contribution in [-0.2, 0) is 11.2 Å². The predicted octanol–water partition coefficient (Wildman–Crippen LogP) is 4.08. The normalized spacial score (nSPS) is 18.0. The summed E-state index contributed by atoms with van der Waals surface area (Å²) >= 11 is 13.3. The lowest BCUT2D eigenvalue weighted by atomic mass is 9.93. The SMILES string of the molecule is CC1CN(c2nc(Cc3ccc(Cl)cc3)ns2)CCN1C(=O)C(C)(C)CCl. The van der Waals surface area contributed by atoms with Crippen LogP contribution in [0.2, 0.25) is 5.02 Å². The molecule has 5 nitrogen and oxygen atoms in total. The topological polar surface area (TPSA) is 49.3 Å². The second-order valence-corrected chi connectivity index (χ2v) is 9.04. The highest BCUT2D eigenvalue weighted by Gasteiger charge is 2.36. The maximum Gasteiger partial charge on any atom is 0.229 e. The molecule has 2 heterocycles. The summed E-state index contributed by atoms with van der Waals surface area (Å²) in [6, 6.07) is 7.86. The first-order chi connectivity index (χ1) is 12.8. The van der Waals surface area contributed by atoms with Crippen molar-refractivity contribution in [1.82, 2.24) is 14.3 Å². The zero-order chi connectivity index (χ0) is 19.6. The molecule has 1 saturated heterocycles. The van der Waals surface area contributed by atoms with Gasteiger partial charge in [0, 0.05) is 54.5 Å². The Kier molecular flexibility index (Phi) is 6.28. The zero-order valence-electron chi connectivity index (χ0n) is 15.8. The lowest BCUT2D eigenvalue weighted by Gasteiger charge is -2.42. The number of piperazine rings is 1. The van der Waals surface area contributed by atoms with Gasteiger partial charge < -0.3 is 9.80 Å².